The third-order valence-electron chi connectivity index (χ3n) is 8.06. The van der Waals surface area contributed by atoms with Crippen molar-refractivity contribution in [2.75, 3.05) is 43.9 Å². The molecule has 0 atom stereocenters. The van der Waals surface area contributed by atoms with Gasteiger partial charge >= 0.3 is 0 Å². The van der Waals surface area contributed by atoms with Gasteiger partial charge in [-0.25, -0.2) is 8.78 Å². The van der Waals surface area contributed by atoms with E-state index in [-0.39, 0.29) is 35.7 Å². The van der Waals surface area contributed by atoms with E-state index in [2.05, 4.69) is 10.2 Å². The van der Waals surface area contributed by atoms with Crippen LogP contribution >= 0.6 is 24.0 Å². The first-order valence-corrected chi connectivity index (χ1v) is 14.6. The Morgan fingerprint density at radius 3 is 2.23 bits per heavy atom. The summed E-state index contributed by atoms with van der Waals surface area (Å²) in [5.41, 5.74) is 1.11. The SMILES string of the molecule is CN(C)C1CCN(C(=O)/C=C2/c3ccccc3N(C(=O)c3ccc(NC(=O)c4ccccc4Cl)cc3)CCC2(F)F)CC1.Cl. The molecule has 0 aliphatic carbocycles. The first kappa shape index (κ1) is 33.1. The number of allylic oxidation sites excluding steroid dienone is 1. The summed E-state index contributed by atoms with van der Waals surface area (Å²) in [6.07, 6.45) is 1.97. The number of hydrogen-bond donors (Lipinski definition) is 1. The van der Waals surface area contributed by atoms with Gasteiger partial charge < -0.3 is 20.0 Å². The topological polar surface area (TPSA) is 73.0 Å². The molecule has 5 rings (SSSR count). The minimum Gasteiger partial charge on any atom is -0.339 e. The van der Waals surface area contributed by atoms with Crippen LogP contribution in [-0.2, 0) is 4.79 Å². The maximum atomic E-state index is 15.7. The Kier molecular flexibility index (Phi) is 10.4. The van der Waals surface area contributed by atoms with Crippen molar-refractivity contribution in [1.29, 1.82) is 0 Å². The van der Waals surface area contributed by atoms with Gasteiger partial charge in [0.25, 0.3) is 17.7 Å². The number of para-hydroxylation sites is 1. The number of nitrogens with zero attached hydrogens (tertiary/aromatic N) is 3. The van der Waals surface area contributed by atoms with Crippen LogP contribution in [0.15, 0.2) is 78.9 Å². The molecule has 3 aromatic carbocycles. The molecule has 0 bridgehead atoms. The lowest BCUT2D eigenvalue weighted by atomic mass is 9.96. The smallest absolute Gasteiger partial charge is 0.275 e. The summed E-state index contributed by atoms with van der Waals surface area (Å²) in [5, 5.41) is 3.06. The highest BCUT2D eigenvalue weighted by molar-refractivity contribution is 6.34. The van der Waals surface area contributed by atoms with Gasteiger partial charge in [-0.1, -0.05) is 41.9 Å². The molecule has 0 saturated carbocycles. The number of nitrogens with one attached hydrogen (secondary N) is 1. The Labute approximate surface area is 266 Å². The van der Waals surface area contributed by atoms with Gasteiger partial charge in [0.1, 0.15) is 0 Å². The standard InChI is InChI=1S/C33H33ClF2N4O3.ClH/c1-38(2)24-15-18-39(19-16-24)30(41)21-27-25-7-4-6-10-29(25)40(20-17-33(27,35)36)32(43)22-11-13-23(14-12-22)37-31(42)26-8-3-5-9-28(26)34;/h3-14,21,24H,15-20H2,1-2H3,(H,37,42);1H/b27-21-;. The number of carbonyl (C=O) groups is 3. The first-order valence-electron chi connectivity index (χ1n) is 14.2. The van der Waals surface area contributed by atoms with Crippen LogP contribution in [0.2, 0.25) is 5.02 Å². The van der Waals surface area contributed by atoms with Gasteiger partial charge in [-0.05, 0) is 69.4 Å². The first-order chi connectivity index (χ1) is 20.5. The minimum atomic E-state index is -3.32. The zero-order valence-corrected chi connectivity index (χ0v) is 26.0. The number of rotatable bonds is 5. The molecule has 3 aromatic rings. The number of benzene rings is 3. The van der Waals surface area contributed by atoms with E-state index in [1.807, 2.05) is 14.1 Å². The molecule has 1 fully saturated rings. The maximum Gasteiger partial charge on any atom is 0.275 e. The van der Waals surface area contributed by atoms with E-state index in [9.17, 15) is 14.4 Å². The Balaban J connectivity index is 0.00000442. The fourth-order valence-electron chi connectivity index (χ4n) is 5.55. The largest absolute Gasteiger partial charge is 0.339 e. The van der Waals surface area contributed by atoms with Crippen molar-refractivity contribution in [2.45, 2.75) is 31.2 Å². The molecule has 0 aromatic heterocycles. The highest BCUT2D eigenvalue weighted by atomic mass is 35.5. The van der Waals surface area contributed by atoms with Crippen LogP contribution in [0.25, 0.3) is 5.57 Å². The molecular weight excluding hydrogens is 609 g/mol. The summed E-state index contributed by atoms with van der Waals surface area (Å²) in [6, 6.07) is 19.7. The van der Waals surface area contributed by atoms with E-state index in [1.54, 1.807) is 59.5 Å². The number of piperidine rings is 1. The Morgan fingerprint density at radius 1 is 0.932 bits per heavy atom. The van der Waals surface area contributed by atoms with E-state index in [0.717, 1.165) is 18.9 Å². The Morgan fingerprint density at radius 2 is 1.57 bits per heavy atom. The zero-order valence-electron chi connectivity index (χ0n) is 24.4. The van der Waals surface area contributed by atoms with Gasteiger partial charge in [-0.3, -0.25) is 14.4 Å². The second-order valence-corrected chi connectivity index (χ2v) is 11.4. The Bertz CT molecular complexity index is 1550. The van der Waals surface area contributed by atoms with E-state index in [1.165, 1.54) is 23.1 Å². The number of carbonyl (C=O) groups excluding carboxylic acids is 3. The van der Waals surface area contributed by atoms with E-state index >= 15 is 8.78 Å². The third kappa shape index (κ3) is 7.12. The van der Waals surface area contributed by atoms with Crippen molar-refractivity contribution >= 4 is 58.7 Å². The van der Waals surface area contributed by atoms with Crippen LogP contribution in [0, 0.1) is 0 Å². The number of alkyl halides is 2. The molecule has 11 heteroatoms. The van der Waals surface area contributed by atoms with Crippen LogP contribution in [0.4, 0.5) is 20.2 Å². The fraction of sp³-hybridized carbons (Fsp3) is 0.303. The summed E-state index contributed by atoms with van der Waals surface area (Å²) in [6.45, 7) is 0.754. The molecule has 0 radical (unpaired) electrons. The number of amides is 3. The summed E-state index contributed by atoms with van der Waals surface area (Å²) >= 11 is 6.11. The molecule has 3 amide bonds. The predicted octanol–water partition coefficient (Wildman–Crippen LogP) is 6.64. The van der Waals surface area contributed by atoms with Crippen LogP contribution < -0.4 is 10.2 Å². The maximum absolute atomic E-state index is 15.7. The van der Waals surface area contributed by atoms with Crippen molar-refractivity contribution in [3.05, 3.63) is 101 Å². The predicted molar refractivity (Wildman–Crippen MR) is 172 cm³/mol. The van der Waals surface area contributed by atoms with Crippen LogP contribution in [-0.4, -0.2) is 73.2 Å². The third-order valence-corrected chi connectivity index (χ3v) is 8.39. The number of halogens is 4. The molecule has 0 spiro atoms. The summed E-state index contributed by atoms with van der Waals surface area (Å²) < 4.78 is 31.3. The zero-order chi connectivity index (χ0) is 30.7. The number of anilines is 2. The van der Waals surface area contributed by atoms with Gasteiger partial charge in [0, 0.05) is 60.6 Å². The average Bonchev–Trinajstić information content (AvgIpc) is 3.11. The van der Waals surface area contributed by atoms with Gasteiger partial charge in [-0.2, -0.15) is 0 Å². The highest BCUT2D eigenvalue weighted by Crippen LogP contribution is 2.43. The molecule has 232 valence electrons. The second-order valence-electron chi connectivity index (χ2n) is 11.0. The van der Waals surface area contributed by atoms with E-state index < -0.39 is 30.1 Å². The quantitative estimate of drug-likeness (QED) is 0.317. The van der Waals surface area contributed by atoms with Crippen LogP contribution in [0.5, 0.6) is 0 Å². The summed E-state index contributed by atoms with van der Waals surface area (Å²) in [4.78, 5) is 44.5. The second kappa shape index (κ2) is 13.9. The van der Waals surface area contributed by atoms with Gasteiger partial charge in [-0.15, -0.1) is 12.4 Å². The molecule has 44 heavy (non-hydrogen) atoms. The Hall–Kier alpha value is -3.79. The highest BCUT2D eigenvalue weighted by Gasteiger charge is 2.42. The molecule has 7 nitrogen and oxygen atoms in total. The van der Waals surface area contributed by atoms with Crippen molar-refractivity contribution in [1.82, 2.24) is 9.80 Å². The van der Waals surface area contributed by atoms with Crippen molar-refractivity contribution in [3.63, 3.8) is 0 Å². The number of fused-ring (bicyclic) bond motifs is 1. The van der Waals surface area contributed by atoms with Crippen molar-refractivity contribution in [3.8, 4) is 0 Å². The lowest BCUT2D eigenvalue weighted by Gasteiger charge is -2.35. The fourth-order valence-corrected chi connectivity index (χ4v) is 5.77. The molecular formula is C33H34Cl2F2N4O3. The molecule has 2 aliphatic rings. The van der Waals surface area contributed by atoms with Crippen LogP contribution in [0.3, 0.4) is 0 Å². The van der Waals surface area contributed by atoms with Crippen molar-refractivity contribution < 1.29 is 23.2 Å². The summed E-state index contributed by atoms with van der Waals surface area (Å²) in [5.74, 6) is -4.64. The monoisotopic (exact) mass is 642 g/mol. The molecule has 2 aliphatic heterocycles. The lowest BCUT2D eigenvalue weighted by molar-refractivity contribution is -0.127. The van der Waals surface area contributed by atoms with Crippen molar-refractivity contribution in [2.24, 2.45) is 0 Å². The lowest BCUT2D eigenvalue weighted by Crippen LogP contribution is -2.44. The van der Waals surface area contributed by atoms with E-state index in [4.69, 9.17) is 11.6 Å². The molecule has 0 unspecified atom stereocenters. The molecule has 1 N–H and O–H groups in total. The van der Waals surface area contributed by atoms with E-state index in [0.29, 0.717) is 41.1 Å². The molecule has 2 heterocycles. The van der Waals surface area contributed by atoms with Gasteiger partial charge in [0.15, 0.2) is 0 Å². The number of likely N-dealkylation sites (tertiary alicyclic amines) is 1. The van der Waals surface area contributed by atoms with Gasteiger partial charge in [0.2, 0.25) is 5.91 Å². The molecule has 1 saturated heterocycles. The normalized spacial score (nSPS) is 17.5. The number of hydrogen-bond acceptors (Lipinski definition) is 4. The summed E-state index contributed by atoms with van der Waals surface area (Å²) in [7, 11) is 3.99. The average molecular weight is 644 g/mol. The minimum absolute atomic E-state index is 0. The van der Waals surface area contributed by atoms with Crippen LogP contribution in [0.1, 0.15) is 45.5 Å². The van der Waals surface area contributed by atoms with Gasteiger partial charge in [0.05, 0.1) is 16.3 Å².